The van der Waals surface area contributed by atoms with Crippen molar-refractivity contribution in [3.05, 3.63) is 17.2 Å². The lowest BCUT2D eigenvalue weighted by Crippen LogP contribution is -2.07. The van der Waals surface area contributed by atoms with Gasteiger partial charge in [-0.1, -0.05) is 51.9 Å². The maximum Gasteiger partial charge on any atom is 0.339 e. The van der Waals surface area contributed by atoms with Crippen LogP contribution in [0.5, 0.6) is 17.2 Å². The summed E-state index contributed by atoms with van der Waals surface area (Å²) in [5.41, 5.74) is 0.925. The second-order valence-corrected chi connectivity index (χ2v) is 6.20. The van der Waals surface area contributed by atoms with Crippen LogP contribution in [0.4, 0.5) is 0 Å². The summed E-state index contributed by atoms with van der Waals surface area (Å²) in [6, 6.07) is 1.52. The molecule has 0 bridgehead atoms. The largest absolute Gasteiger partial charge is 0.496 e. The number of carboxylic acid groups (broad SMARTS) is 1. The molecule has 0 radical (unpaired) electrons. The first kappa shape index (κ1) is 21.1. The molecule has 0 fully saturated rings. The highest BCUT2D eigenvalue weighted by atomic mass is 16.5. The molecule has 0 atom stereocenters. The standard InChI is InChI=1S/C20H32O5/c1-5-6-7-8-9-10-11-12-13-15-17(23-2)14-16(20(21)22)19(25-4)18(15)24-3/h14H,5-13H2,1-4H3,(H,21,22). The maximum atomic E-state index is 11.4. The molecule has 0 saturated carbocycles. The lowest BCUT2D eigenvalue weighted by molar-refractivity contribution is 0.0692. The molecule has 0 heterocycles. The van der Waals surface area contributed by atoms with Crippen molar-refractivity contribution < 1.29 is 24.1 Å². The Hall–Kier alpha value is -1.91. The SMILES string of the molecule is CCCCCCCCCCc1c(OC)cc(C(=O)O)c(OC)c1OC. The molecule has 0 aliphatic heterocycles. The number of benzene rings is 1. The van der Waals surface area contributed by atoms with E-state index in [0.717, 1.165) is 24.8 Å². The van der Waals surface area contributed by atoms with Crippen LogP contribution in [-0.2, 0) is 6.42 Å². The number of carboxylic acids is 1. The summed E-state index contributed by atoms with van der Waals surface area (Å²) in [5, 5.41) is 9.37. The van der Waals surface area contributed by atoms with Crippen LogP contribution in [0.3, 0.4) is 0 Å². The molecule has 0 aromatic heterocycles. The minimum Gasteiger partial charge on any atom is -0.496 e. The molecule has 5 heteroatoms. The average molecular weight is 352 g/mol. The van der Waals surface area contributed by atoms with E-state index >= 15 is 0 Å². The lowest BCUT2D eigenvalue weighted by atomic mass is 10.00. The van der Waals surface area contributed by atoms with E-state index < -0.39 is 5.97 Å². The van der Waals surface area contributed by atoms with Gasteiger partial charge in [0.2, 0.25) is 0 Å². The van der Waals surface area contributed by atoms with Crippen molar-refractivity contribution in [2.24, 2.45) is 0 Å². The van der Waals surface area contributed by atoms with Crippen molar-refractivity contribution in [3.8, 4) is 17.2 Å². The first-order valence-corrected chi connectivity index (χ1v) is 9.15. The Morgan fingerprint density at radius 3 is 1.92 bits per heavy atom. The minimum absolute atomic E-state index is 0.0517. The van der Waals surface area contributed by atoms with Gasteiger partial charge in [-0.2, -0.15) is 0 Å². The quantitative estimate of drug-likeness (QED) is 0.501. The Balaban J connectivity index is 2.76. The van der Waals surface area contributed by atoms with Gasteiger partial charge >= 0.3 is 5.97 Å². The Bertz CT molecular complexity index is 539. The van der Waals surface area contributed by atoms with Crippen LogP contribution in [0.15, 0.2) is 6.07 Å². The van der Waals surface area contributed by atoms with Crippen molar-refractivity contribution in [1.29, 1.82) is 0 Å². The smallest absolute Gasteiger partial charge is 0.339 e. The molecule has 5 nitrogen and oxygen atoms in total. The summed E-state index contributed by atoms with van der Waals surface area (Å²) >= 11 is 0. The number of hydrogen-bond acceptors (Lipinski definition) is 4. The van der Waals surface area contributed by atoms with Gasteiger partial charge in [-0.15, -0.1) is 0 Å². The fraction of sp³-hybridized carbons (Fsp3) is 0.650. The topological polar surface area (TPSA) is 65.0 Å². The molecular formula is C20H32O5. The fourth-order valence-corrected chi connectivity index (χ4v) is 3.09. The Morgan fingerprint density at radius 1 is 0.880 bits per heavy atom. The maximum absolute atomic E-state index is 11.4. The summed E-state index contributed by atoms with van der Waals surface area (Å²) in [5.74, 6) is 0.192. The number of hydrogen-bond donors (Lipinski definition) is 1. The molecule has 1 rings (SSSR count). The zero-order valence-electron chi connectivity index (χ0n) is 16.0. The molecule has 25 heavy (non-hydrogen) atoms. The van der Waals surface area contributed by atoms with E-state index in [-0.39, 0.29) is 11.3 Å². The normalized spacial score (nSPS) is 10.6. The number of methoxy groups -OCH3 is 3. The van der Waals surface area contributed by atoms with Gasteiger partial charge in [-0.3, -0.25) is 0 Å². The van der Waals surface area contributed by atoms with E-state index in [1.807, 2.05) is 0 Å². The zero-order chi connectivity index (χ0) is 18.7. The number of rotatable bonds is 13. The van der Waals surface area contributed by atoms with Crippen LogP contribution in [0.1, 0.15) is 74.2 Å². The molecule has 1 N–H and O–H groups in total. The number of carbonyl (C=O) groups is 1. The van der Waals surface area contributed by atoms with Crippen molar-refractivity contribution in [2.75, 3.05) is 21.3 Å². The molecule has 0 amide bonds. The fourth-order valence-electron chi connectivity index (χ4n) is 3.09. The van der Waals surface area contributed by atoms with Gasteiger partial charge in [0, 0.05) is 5.56 Å². The van der Waals surface area contributed by atoms with Crippen LogP contribution in [-0.4, -0.2) is 32.4 Å². The van der Waals surface area contributed by atoms with E-state index in [2.05, 4.69) is 6.92 Å². The van der Waals surface area contributed by atoms with Crippen molar-refractivity contribution in [3.63, 3.8) is 0 Å². The summed E-state index contributed by atoms with van der Waals surface area (Å²) in [4.78, 5) is 11.4. The van der Waals surface area contributed by atoms with Crippen molar-refractivity contribution in [1.82, 2.24) is 0 Å². The second-order valence-electron chi connectivity index (χ2n) is 6.20. The van der Waals surface area contributed by atoms with Gasteiger partial charge < -0.3 is 19.3 Å². The molecular weight excluding hydrogens is 320 g/mol. The second kappa shape index (κ2) is 11.6. The van der Waals surface area contributed by atoms with Gasteiger partial charge in [0.1, 0.15) is 11.3 Å². The highest BCUT2D eigenvalue weighted by molar-refractivity contribution is 5.93. The van der Waals surface area contributed by atoms with E-state index in [1.54, 1.807) is 7.11 Å². The van der Waals surface area contributed by atoms with E-state index in [1.165, 1.54) is 58.8 Å². The minimum atomic E-state index is -1.06. The molecule has 142 valence electrons. The summed E-state index contributed by atoms with van der Waals surface area (Å²) in [7, 11) is 4.53. The molecule has 0 spiro atoms. The van der Waals surface area contributed by atoms with Crippen molar-refractivity contribution in [2.45, 2.75) is 64.7 Å². The third-order valence-electron chi connectivity index (χ3n) is 4.44. The predicted molar refractivity (Wildman–Crippen MR) is 99.4 cm³/mol. The zero-order valence-corrected chi connectivity index (χ0v) is 16.0. The van der Waals surface area contributed by atoms with Gasteiger partial charge in [-0.05, 0) is 18.9 Å². The number of unbranched alkanes of at least 4 members (excludes halogenated alkanes) is 7. The Morgan fingerprint density at radius 2 is 1.44 bits per heavy atom. The molecule has 0 saturated heterocycles. The molecule has 0 aliphatic rings. The summed E-state index contributed by atoms with van der Waals surface area (Å²) in [6.45, 7) is 2.23. The van der Waals surface area contributed by atoms with Crippen LogP contribution in [0.2, 0.25) is 0 Å². The number of aromatic carboxylic acids is 1. The van der Waals surface area contributed by atoms with Gasteiger partial charge in [0.05, 0.1) is 21.3 Å². The molecule has 0 unspecified atom stereocenters. The van der Waals surface area contributed by atoms with E-state index in [4.69, 9.17) is 14.2 Å². The van der Waals surface area contributed by atoms with Crippen LogP contribution in [0, 0.1) is 0 Å². The molecule has 1 aromatic carbocycles. The predicted octanol–water partition coefficient (Wildman–Crippen LogP) is 5.09. The Labute approximate surface area is 151 Å². The third kappa shape index (κ3) is 6.15. The average Bonchev–Trinajstić information content (AvgIpc) is 2.62. The summed E-state index contributed by atoms with van der Waals surface area (Å²) in [6.07, 6.45) is 10.6. The first-order valence-electron chi connectivity index (χ1n) is 9.15. The monoisotopic (exact) mass is 352 g/mol. The number of ether oxygens (including phenoxy) is 3. The highest BCUT2D eigenvalue weighted by Crippen LogP contribution is 2.41. The van der Waals surface area contributed by atoms with Crippen molar-refractivity contribution >= 4 is 5.97 Å². The van der Waals surface area contributed by atoms with E-state index in [0.29, 0.717) is 11.5 Å². The van der Waals surface area contributed by atoms with Crippen LogP contribution in [0.25, 0.3) is 0 Å². The molecule has 1 aromatic rings. The van der Waals surface area contributed by atoms with E-state index in [9.17, 15) is 9.90 Å². The van der Waals surface area contributed by atoms with Crippen LogP contribution < -0.4 is 14.2 Å². The molecule has 0 aliphatic carbocycles. The van der Waals surface area contributed by atoms with Crippen LogP contribution >= 0.6 is 0 Å². The van der Waals surface area contributed by atoms with Gasteiger partial charge in [-0.25, -0.2) is 4.79 Å². The van der Waals surface area contributed by atoms with Gasteiger partial charge in [0.15, 0.2) is 11.5 Å². The lowest BCUT2D eigenvalue weighted by Gasteiger charge is -2.18. The Kier molecular flexibility index (Phi) is 9.81. The van der Waals surface area contributed by atoms with Gasteiger partial charge in [0.25, 0.3) is 0 Å². The summed E-state index contributed by atoms with van der Waals surface area (Å²) < 4.78 is 16.1. The third-order valence-corrected chi connectivity index (χ3v) is 4.44. The first-order chi connectivity index (χ1) is 12.1. The highest BCUT2D eigenvalue weighted by Gasteiger charge is 2.23.